The van der Waals surface area contributed by atoms with Crippen LogP contribution in [0.1, 0.15) is 5.56 Å². The lowest BCUT2D eigenvalue weighted by Crippen LogP contribution is -2.07. The van der Waals surface area contributed by atoms with Crippen LogP contribution in [0.3, 0.4) is 0 Å². The summed E-state index contributed by atoms with van der Waals surface area (Å²) >= 11 is 1.48. The zero-order chi connectivity index (χ0) is 13.9. The number of hydrogen-bond acceptors (Lipinski definition) is 5. The van der Waals surface area contributed by atoms with Gasteiger partial charge in [0.15, 0.2) is 0 Å². The zero-order valence-corrected chi connectivity index (χ0v) is 12.8. The van der Waals surface area contributed by atoms with E-state index in [1.165, 1.54) is 11.3 Å². The highest BCUT2D eigenvalue weighted by molar-refractivity contribution is 7.21. The van der Waals surface area contributed by atoms with Crippen molar-refractivity contribution in [1.82, 2.24) is 9.97 Å². The Morgan fingerprint density at radius 2 is 2.00 bits per heavy atom. The molecule has 0 bridgehead atoms. The first-order chi connectivity index (χ1) is 9.78. The summed E-state index contributed by atoms with van der Waals surface area (Å²) < 4.78 is 0.925. The predicted molar refractivity (Wildman–Crippen MR) is 89.1 cm³/mol. The molecule has 0 atom stereocenters. The lowest BCUT2D eigenvalue weighted by molar-refractivity contribution is 0.964. The third-order valence-corrected chi connectivity index (χ3v) is 4.07. The number of nitrogens with two attached hydrogens (primary N) is 1. The van der Waals surface area contributed by atoms with Gasteiger partial charge in [0.25, 0.3) is 5.56 Å². The smallest absolute Gasteiger partial charge is 0.279 e. The van der Waals surface area contributed by atoms with E-state index in [0.29, 0.717) is 16.9 Å². The quantitative estimate of drug-likeness (QED) is 0.805. The fourth-order valence-electron chi connectivity index (χ4n) is 2.03. The maximum Gasteiger partial charge on any atom is 0.279 e. The fraction of sp³-hybridized carbons (Fsp3) is 0.133. The molecule has 3 rings (SSSR count). The highest BCUT2D eigenvalue weighted by Gasteiger charge is 2.08. The van der Waals surface area contributed by atoms with Crippen molar-refractivity contribution in [2.75, 3.05) is 6.54 Å². The van der Waals surface area contributed by atoms with E-state index in [4.69, 9.17) is 5.73 Å². The maximum absolute atomic E-state index is 12.0. The molecule has 6 heteroatoms. The number of fused-ring (bicyclic) bond motifs is 1. The van der Waals surface area contributed by atoms with Gasteiger partial charge in [-0.15, -0.1) is 23.7 Å². The van der Waals surface area contributed by atoms with Crippen molar-refractivity contribution >= 4 is 33.8 Å². The van der Waals surface area contributed by atoms with Crippen LogP contribution in [-0.2, 0) is 6.42 Å². The van der Waals surface area contributed by atoms with Gasteiger partial charge in [0.05, 0.1) is 11.1 Å². The van der Waals surface area contributed by atoms with Crippen molar-refractivity contribution in [1.29, 1.82) is 0 Å². The number of pyridine rings is 1. The van der Waals surface area contributed by atoms with E-state index in [2.05, 4.69) is 9.97 Å². The second-order valence-electron chi connectivity index (χ2n) is 4.41. The van der Waals surface area contributed by atoms with Gasteiger partial charge < -0.3 is 5.73 Å². The third kappa shape index (κ3) is 3.26. The SMILES string of the molecule is Cl.NCCc1ccnc(-c2nc(=O)c3ccccc3s2)c1. The summed E-state index contributed by atoms with van der Waals surface area (Å²) in [5.74, 6) is 0. The van der Waals surface area contributed by atoms with E-state index in [0.717, 1.165) is 22.4 Å². The molecule has 0 aliphatic heterocycles. The van der Waals surface area contributed by atoms with Gasteiger partial charge in [0.1, 0.15) is 5.01 Å². The van der Waals surface area contributed by atoms with Crippen LogP contribution in [0.25, 0.3) is 20.8 Å². The van der Waals surface area contributed by atoms with Crippen molar-refractivity contribution < 1.29 is 0 Å². The van der Waals surface area contributed by atoms with Crippen molar-refractivity contribution in [3.63, 3.8) is 0 Å². The minimum Gasteiger partial charge on any atom is -0.330 e. The van der Waals surface area contributed by atoms with Crippen molar-refractivity contribution in [2.45, 2.75) is 6.42 Å². The number of rotatable bonds is 3. The van der Waals surface area contributed by atoms with Crippen LogP contribution in [0.4, 0.5) is 0 Å². The van der Waals surface area contributed by atoms with E-state index >= 15 is 0 Å². The summed E-state index contributed by atoms with van der Waals surface area (Å²) in [6, 6.07) is 11.4. The Morgan fingerprint density at radius 1 is 1.19 bits per heavy atom. The first-order valence-corrected chi connectivity index (χ1v) is 7.15. The van der Waals surface area contributed by atoms with Crippen LogP contribution >= 0.6 is 23.7 Å². The highest BCUT2D eigenvalue weighted by atomic mass is 35.5. The molecule has 2 N–H and O–H groups in total. The topological polar surface area (TPSA) is 68.9 Å². The molecule has 0 fully saturated rings. The summed E-state index contributed by atoms with van der Waals surface area (Å²) in [7, 11) is 0. The Labute approximate surface area is 132 Å². The maximum atomic E-state index is 12.0. The molecule has 0 aliphatic carbocycles. The van der Waals surface area contributed by atoms with Crippen molar-refractivity contribution in [3.05, 3.63) is 58.5 Å². The number of aromatic nitrogens is 2. The molecule has 3 aromatic rings. The van der Waals surface area contributed by atoms with Crippen LogP contribution in [0, 0.1) is 0 Å². The van der Waals surface area contributed by atoms with Gasteiger partial charge in [-0.25, -0.2) is 0 Å². The van der Waals surface area contributed by atoms with E-state index in [-0.39, 0.29) is 18.0 Å². The second kappa shape index (κ2) is 6.76. The summed E-state index contributed by atoms with van der Waals surface area (Å²) in [5.41, 5.74) is 7.19. The van der Waals surface area contributed by atoms with Gasteiger partial charge in [0.2, 0.25) is 0 Å². The fourth-order valence-corrected chi connectivity index (χ4v) is 3.00. The third-order valence-electron chi connectivity index (χ3n) is 3.00. The molecule has 0 unspecified atom stereocenters. The molecule has 21 heavy (non-hydrogen) atoms. The minimum absolute atomic E-state index is 0. The number of hydrogen-bond donors (Lipinski definition) is 1. The van der Waals surface area contributed by atoms with Crippen molar-refractivity contribution in [3.8, 4) is 10.7 Å². The first kappa shape index (κ1) is 15.6. The zero-order valence-electron chi connectivity index (χ0n) is 11.2. The Morgan fingerprint density at radius 3 is 2.81 bits per heavy atom. The molecular formula is C15H14ClN3OS. The highest BCUT2D eigenvalue weighted by Crippen LogP contribution is 2.24. The molecule has 0 spiro atoms. The molecule has 0 amide bonds. The second-order valence-corrected chi connectivity index (χ2v) is 5.44. The van der Waals surface area contributed by atoms with Crippen LogP contribution in [0.5, 0.6) is 0 Å². The largest absolute Gasteiger partial charge is 0.330 e. The average Bonchev–Trinajstić information content (AvgIpc) is 2.48. The van der Waals surface area contributed by atoms with E-state index in [9.17, 15) is 4.79 Å². The van der Waals surface area contributed by atoms with Gasteiger partial charge in [-0.3, -0.25) is 9.78 Å². The summed E-state index contributed by atoms with van der Waals surface area (Å²) in [4.78, 5) is 20.5. The Bertz CT molecular complexity index is 819. The van der Waals surface area contributed by atoms with Crippen molar-refractivity contribution in [2.24, 2.45) is 5.73 Å². The summed E-state index contributed by atoms with van der Waals surface area (Å²) in [6.45, 7) is 0.588. The monoisotopic (exact) mass is 319 g/mol. The predicted octanol–water partition coefficient (Wildman–Crippen LogP) is 2.64. The molecule has 0 radical (unpaired) electrons. The van der Waals surface area contributed by atoms with E-state index in [1.54, 1.807) is 12.3 Å². The number of halogens is 1. The average molecular weight is 320 g/mol. The Kier molecular flexibility index (Phi) is 5.01. The van der Waals surface area contributed by atoms with Crippen LogP contribution in [-0.4, -0.2) is 16.5 Å². The molecule has 1 aromatic carbocycles. The molecule has 108 valence electrons. The molecule has 4 nitrogen and oxygen atoms in total. The van der Waals surface area contributed by atoms with E-state index in [1.807, 2.05) is 30.3 Å². The minimum atomic E-state index is -0.208. The van der Waals surface area contributed by atoms with Gasteiger partial charge in [0, 0.05) is 10.9 Å². The van der Waals surface area contributed by atoms with Gasteiger partial charge >= 0.3 is 0 Å². The Hall–Kier alpha value is -1.82. The normalized spacial score (nSPS) is 10.3. The first-order valence-electron chi connectivity index (χ1n) is 6.33. The van der Waals surface area contributed by atoms with Crippen LogP contribution in [0.15, 0.2) is 47.4 Å². The summed E-state index contributed by atoms with van der Waals surface area (Å²) in [5, 5.41) is 1.30. The van der Waals surface area contributed by atoms with Gasteiger partial charge in [-0.1, -0.05) is 12.1 Å². The molecule has 0 saturated carbocycles. The van der Waals surface area contributed by atoms with E-state index < -0.39 is 0 Å². The molecule has 0 aliphatic rings. The molecule has 0 saturated heterocycles. The Balaban J connectivity index is 0.00000161. The van der Waals surface area contributed by atoms with Gasteiger partial charge in [-0.2, -0.15) is 4.98 Å². The standard InChI is InChI=1S/C15H13N3OS.ClH/c16-7-5-10-6-8-17-12(9-10)15-18-14(19)11-3-1-2-4-13(11)20-15;/h1-4,6,8-9H,5,7,16H2;1H. The lowest BCUT2D eigenvalue weighted by atomic mass is 10.2. The molecular weight excluding hydrogens is 306 g/mol. The van der Waals surface area contributed by atoms with Gasteiger partial charge in [-0.05, 0) is 42.8 Å². The van der Waals surface area contributed by atoms with Crippen LogP contribution < -0.4 is 11.3 Å². The molecule has 2 heterocycles. The summed E-state index contributed by atoms with van der Waals surface area (Å²) in [6.07, 6.45) is 2.52. The number of benzene rings is 1. The molecule has 2 aromatic heterocycles. The van der Waals surface area contributed by atoms with Crippen LogP contribution in [0.2, 0.25) is 0 Å². The number of nitrogens with zero attached hydrogens (tertiary/aromatic N) is 2. The lowest BCUT2D eigenvalue weighted by Gasteiger charge is -2.03.